The normalized spacial score (nSPS) is 15.1. The highest BCUT2D eigenvalue weighted by atomic mass is 79.9. The van der Waals surface area contributed by atoms with Crippen LogP contribution in [0, 0.1) is 0 Å². The lowest BCUT2D eigenvalue weighted by molar-refractivity contribution is -0.129. The molecule has 0 spiro atoms. The van der Waals surface area contributed by atoms with E-state index in [-0.39, 0.29) is 11.8 Å². The SMILES string of the molecule is CC(C)Oc1c(Br)cc(C=C2N=C(c3cccc4ccccc34)OC2=O)cc1Br. The number of ether oxygens (including phenoxy) is 2. The Kier molecular flexibility index (Phi) is 5.56. The number of aliphatic imine (C=N–C) groups is 1. The van der Waals surface area contributed by atoms with Gasteiger partial charge < -0.3 is 9.47 Å². The molecule has 0 aromatic heterocycles. The van der Waals surface area contributed by atoms with Crippen molar-refractivity contribution in [3.63, 3.8) is 0 Å². The number of cyclic esters (lactones) is 1. The predicted molar refractivity (Wildman–Crippen MR) is 122 cm³/mol. The maximum atomic E-state index is 12.4. The predicted octanol–water partition coefficient (Wildman–Crippen LogP) is 6.50. The van der Waals surface area contributed by atoms with Crippen LogP contribution in [0.15, 0.2) is 74.2 Å². The Morgan fingerprint density at radius 2 is 1.72 bits per heavy atom. The molecule has 0 saturated heterocycles. The fourth-order valence-corrected chi connectivity index (χ4v) is 4.51. The number of hydrogen-bond acceptors (Lipinski definition) is 4. The van der Waals surface area contributed by atoms with Crippen molar-refractivity contribution in [1.82, 2.24) is 0 Å². The summed E-state index contributed by atoms with van der Waals surface area (Å²) >= 11 is 7.06. The monoisotopic (exact) mass is 513 g/mol. The number of fused-ring (bicyclic) bond motifs is 1. The average molecular weight is 515 g/mol. The first-order valence-electron chi connectivity index (χ1n) is 9.09. The Morgan fingerprint density at radius 1 is 1.03 bits per heavy atom. The van der Waals surface area contributed by atoms with Crippen molar-refractivity contribution < 1.29 is 14.3 Å². The summed E-state index contributed by atoms with van der Waals surface area (Å²) in [4.78, 5) is 16.9. The molecule has 4 nitrogen and oxygen atoms in total. The molecule has 1 aliphatic rings. The zero-order valence-corrected chi connectivity index (χ0v) is 19.0. The van der Waals surface area contributed by atoms with Gasteiger partial charge in [-0.1, -0.05) is 36.4 Å². The van der Waals surface area contributed by atoms with Crippen LogP contribution in [0.3, 0.4) is 0 Å². The molecule has 146 valence electrons. The van der Waals surface area contributed by atoms with E-state index >= 15 is 0 Å². The lowest BCUT2D eigenvalue weighted by Crippen LogP contribution is -2.06. The van der Waals surface area contributed by atoms with Gasteiger partial charge in [0.05, 0.1) is 15.0 Å². The van der Waals surface area contributed by atoms with Gasteiger partial charge in [-0.3, -0.25) is 0 Å². The third kappa shape index (κ3) is 4.14. The highest BCUT2D eigenvalue weighted by Gasteiger charge is 2.25. The number of hydrogen-bond donors (Lipinski definition) is 0. The summed E-state index contributed by atoms with van der Waals surface area (Å²) in [6, 6.07) is 17.6. The molecule has 1 aliphatic heterocycles. The molecule has 3 aromatic rings. The van der Waals surface area contributed by atoms with E-state index in [1.165, 1.54) is 0 Å². The van der Waals surface area contributed by atoms with Crippen LogP contribution in [-0.4, -0.2) is 18.0 Å². The molecule has 0 N–H and O–H groups in total. The van der Waals surface area contributed by atoms with Gasteiger partial charge in [-0.15, -0.1) is 0 Å². The van der Waals surface area contributed by atoms with Crippen LogP contribution >= 0.6 is 31.9 Å². The summed E-state index contributed by atoms with van der Waals surface area (Å²) in [5.74, 6) is 0.565. The second-order valence-electron chi connectivity index (χ2n) is 6.84. The highest BCUT2D eigenvalue weighted by molar-refractivity contribution is 9.11. The number of esters is 1. The Labute approximate surface area is 185 Å². The van der Waals surface area contributed by atoms with Crippen molar-refractivity contribution in [3.05, 3.63) is 80.4 Å². The minimum absolute atomic E-state index is 0.0458. The second kappa shape index (κ2) is 8.13. The molecule has 4 rings (SSSR count). The Hall–Kier alpha value is -2.44. The van der Waals surface area contributed by atoms with E-state index < -0.39 is 5.97 Å². The van der Waals surface area contributed by atoms with Crippen molar-refractivity contribution >= 4 is 60.6 Å². The van der Waals surface area contributed by atoms with Crippen molar-refractivity contribution in [1.29, 1.82) is 0 Å². The number of halogens is 2. The van der Waals surface area contributed by atoms with Crippen molar-refractivity contribution in [2.45, 2.75) is 20.0 Å². The molecule has 0 fully saturated rings. The third-order valence-corrected chi connectivity index (χ3v) is 5.50. The maximum Gasteiger partial charge on any atom is 0.363 e. The Bertz CT molecular complexity index is 1150. The van der Waals surface area contributed by atoms with Gasteiger partial charge in [-0.2, -0.15) is 0 Å². The fourth-order valence-electron chi connectivity index (χ4n) is 3.11. The molecule has 1 heterocycles. The van der Waals surface area contributed by atoms with E-state index in [2.05, 4.69) is 36.9 Å². The number of benzene rings is 3. The summed E-state index contributed by atoms with van der Waals surface area (Å²) in [7, 11) is 0. The molecular weight excluding hydrogens is 498 g/mol. The molecule has 6 heteroatoms. The molecule has 0 saturated carbocycles. The summed E-state index contributed by atoms with van der Waals surface area (Å²) < 4.78 is 12.9. The van der Waals surface area contributed by atoms with Gasteiger partial charge in [-0.05, 0) is 86.3 Å². The summed E-state index contributed by atoms with van der Waals surface area (Å²) in [6.07, 6.45) is 1.75. The van der Waals surface area contributed by atoms with E-state index in [0.717, 1.165) is 36.6 Å². The molecule has 0 unspecified atom stereocenters. The van der Waals surface area contributed by atoms with Crippen LogP contribution in [0.5, 0.6) is 5.75 Å². The van der Waals surface area contributed by atoms with Crippen molar-refractivity contribution in [3.8, 4) is 5.75 Å². The van der Waals surface area contributed by atoms with E-state index in [4.69, 9.17) is 9.47 Å². The Balaban J connectivity index is 1.72. The first-order chi connectivity index (χ1) is 13.9. The smallest absolute Gasteiger partial charge is 0.363 e. The molecule has 29 heavy (non-hydrogen) atoms. The van der Waals surface area contributed by atoms with Crippen LogP contribution in [0.1, 0.15) is 25.0 Å². The number of carbonyl (C=O) groups is 1. The average Bonchev–Trinajstić information content (AvgIpc) is 3.04. The highest BCUT2D eigenvalue weighted by Crippen LogP contribution is 2.36. The van der Waals surface area contributed by atoms with Gasteiger partial charge in [0, 0.05) is 5.56 Å². The molecule has 0 atom stereocenters. The summed E-state index contributed by atoms with van der Waals surface area (Å²) in [5, 5.41) is 2.05. The minimum Gasteiger partial charge on any atom is -0.489 e. The second-order valence-corrected chi connectivity index (χ2v) is 8.55. The van der Waals surface area contributed by atoms with Crippen LogP contribution in [-0.2, 0) is 9.53 Å². The molecule has 0 bridgehead atoms. The topological polar surface area (TPSA) is 47.9 Å². The van der Waals surface area contributed by atoms with Gasteiger partial charge in [0.25, 0.3) is 0 Å². The molecule has 0 aliphatic carbocycles. The molecular formula is C23H17Br2NO3. The molecule has 0 radical (unpaired) electrons. The van der Waals surface area contributed by atoms with Gasteiger partial charge in [0.2, 0.25) is 5.90 Å². The van der Waals surface area contributed by atoms with E-state index in [1.54, 1.807) is 6.08 Å². The largest absolute Gasteiger partial charge is 0.489 e. The lowest BCUT2D eigenvalue weighted by atomic mass is 10.0. The molecule has 0 amide bonds. The van der Waals surface area contributed by atoms with Gasteiger partial charge in [-0.25, -0.2) is 9.79 Å². The van der Waals surface area contributed by atoms with E-state index in [0.29, 0.717) is 5.90 Å². The number of rotatable bonds is 4. The van der Waals surface area contributed by atoms with Gasteiger partial charge >= 0.3 is 5.97 Å². The van der Waals surface area contributed by atoms with E-state index in [9.17, 15) is 4.79 Å². The van der Waals surface area contributed by atoms with Crippen LogP contribution < -0.4 is 4.74 Å². The van der Waals surface area contributed by atoms with Gasteiger partial charge in [0.1, 0.15) is 5.75 Å². The third-order valence-electron chi connectivity index (χ3n) is 4.32. The number of nitrogens with zero attached hydrogens (tertiary/aromatic N) is 1. The van der Waals surface area contributed by atoms with E-state index in [1.807, 2.05) is 68.4 Å². The lowest BCUT2D eigenvalue weighted by Gasteiger charge is -2.14. The first kappa shape index (κ1) is 19.9. The zero-order chi connectivity index (χ0) is 20.5. The minimum atomic E-state index is -0.470. The van der Waals surface area contributed by atoms with Crippen molar-refractivity contribution in [2.24, 2.45) is 4.99 Å². The van der Waals surface area contributed by atoms with Crippen LogP contribution in [0.25, 0.3) is 16.8 Å². The van der Waals surface area contributed by atoms with Crippen molar-refractivity contribution in [2.75, 3.05) is 0 Å². The molecule has 3 aromatic carbocycles. The van der Waals surface area contributed by atoms with Gasteiger partial charge in [0.15, 0.2) is 5.70 Å². The summed E-state index contributed by atoms with van der Waals surface area (Å²) in [6.45, 7) is 3.93. The van der Waals surface area contributed by atoms with Crippen LogP contribution in [0.4, 0.5) is 0 Å². The first-order valence-corrected chi connectivity index (χ1v) is 10.7. The number of carbonyl (C=O) groups excluding carboxylic acids is 1. The fraction of sp³-hybridized carbons (Fsp3) is 0.130. The quantitative estimate of drug-likeness (QED) is 0.295. The zero-order valence-electron chi connectivity index (χ0n) is 15.8. The standard InChI is InChI=1S/C23H17Br2NO3/c1-13(2)28-21-18(24)10-14(11-19(21)25)12-20-23(27)29-22(26-20)17-9-5-7-15-6-3-4-8-16(15)17/h3-13H,1-2H3. The maximum absolute atomic E-state index is 12.4. The summed E-state index contributed by atoms with van der Waals surface area (Å²) in [5.41, 5.74) is 1.85. The Morgan fingerprint density at radius 3 is 2.45 bits per heavy atom. The van der Waals surface area contributed by atoms with Crippen LogP contribution in [0.2, 0.25) is 0 Å².